The zero-order valence-electron chi connectivity index (χ0n) is 19.7. The van der Waals surface area contributed by atoms with E-state index in [4.69, 9.17) is 24.4 Å². The molecule has 0 saturated carbocycles. The van der Waals surface area contributed by atoms with E-state index < -0.39 is 0 Å². The van der Waals surface area contributed by atoms with Gasteiger partial charge in [-0.25, -0.2) is 15.0 Å². The first-order chi connectivity index (χ1) is 15.5. The zero-order valence-corrected chi connectivity index (χ0v) is 22.6. The molecule has 3 aromatic rings. The Kier molecular flexibility index (Phi) is 9.99. The average Bonchev–Trinajstić information content (AvgIpc) is 3.38. The van der Waals surface area contributed by atoms with Crippen molar-refractivity contribution in [3.63, 3.8) is 0 Å². The summed E-state index contributed by atoms with van der Waals surface area (Å²) in [5.41, 5.74) is 3.31. The fourth-order valence-electron chi connectivity index (χ4n) is 4.25. The topological polar surface area (TPSA) is 56.1 Å². The third-order valence-corrected chi connectivity index (χ3v) is 5.83. The van der Waals surface area contributed by atoms with Crippen LogP contribution in [0.25, 0.3) is 0 Å². The molecule has 1 radical (unpaired) electrons. The quantitative estimate of drug-likeness (QED) is 0.384. The second-order valence-corrected chi connectivity index (χ2v) is 9.14. The van der Waals surface area contributed by atoms with E-state index in [1.54, 1.807) is 0 Å². The van der Waals surface area contributed by atoms with E-state index in [1.165, 1.54) is 11.1 Å². The Bertz CT molecular complexity index is 1090. The Labute approximate surface area is 231 Å². The Hall–Kier alpha value is -2.31. The molecule has 8 heteroatoms. The summed E-state index contributed by atoms with van der Waals surface area (Å²) in [6, 6.07) is 26.6. The molecule has 0 saturated heterocycles. The smallest absolute Gasteiger partial charge is 1.00 e. The van der Waals surface area contributed by atoms with E-state index in [1.807, 2.05) is 30.3 Å². The maximum atomic E-state index is 5.97. The van der Waals surface area contributed by atoms with Crippen molar-refractivity contribution in [2.45, 2.75) is 37.8 Å². The molecular weight excluding hydrogens is 520 g/mol. The van der Waals surface area contributed by atoms with Crippen molar-refractivity contribution in [3.05, 3.63) is 101 Å². The maximum Gasteiger partial charge on any atom is 2.00 e. The minimum absolute atomic E-state index is 0. The van der Waals surface area contributed by atoms with Crippen molar-refractivity contribution < 1.29 is 52.8 Å². The van der Waals surface area contributed by atoms with Gasteiger partial charge in [0.1, 0.15) is 24.6 Å². The molecule has 0 N–H and O–H groups in total. The van der Waals surface area contributed by atoms with E-state index in [2.05, 4.69) is 62.4 Å². The molecule has 1 aromatic heterocycles. The molecule has 2 atom stereocenters. The number of aliphatic imine (C=N–C) groups is 2. The molecule has 2 aliphatic heterocycles. The van der Waals surface area contributed by atoms with E-state index in [0.717, 1.165) is 12.8 Å². The SMILES string of the molecule is CC1(Cc2ccccc2)COC(c2cccc(C3=NC(C)(Cc4ccccc4)CO3)n2)=N1.[Cl-].[Cl-].[V+2]. The summed E-state index contributed by atoms with van der Waals surface area (Å²) in [4.78, 5) is 14.5. The van der Waals surface area contributed by atoms with Gasteiger partial charge < -0.3 is 34.3 Å². The largest absolute Gasteiger partial charge is 2.00 e. The summed E-state index contributed by atoms with van der Waals surface area (Å²) in [5.74, 6) is 1.16. The first-order valence-corrected chi connectivity index (χ1v) is 11.0. The molecule has 0 spiro atoms. The number of pyridine rings is 1. The van der Waals surface area contributed by atoms with E-state index in [9.17, 15) is 0 Å². The number of ether oxygens (including phenoxy) is 2. The van der Waals surface area contributed by atoms with Gasteiger partial charge in [-0.05, 0) is 37.1 Å². The van der Waals surface area contributed by atoms with Crippen LogP contribution in [0.2, 0.25) is 0 Å². The van der Waals surface area contributed by atoms with Crippen molar-refractivity contribution in [1.29, 1.82) is 0 Å². The number of hydrogen-bond donors (Lipinski definition) is 0. The number of aromatic nitrogens is 1. The van der Waals surface area contributed by atoms with Crippen LogP contribution in [0.15, 0.2) is 88.8 Å². The Morgan fingerprint density at radius 3 is 1.43 bits per heavy atom. The molecule has 5 nitrogen and oxygen atoms in total. The van der Waals surface area contributed by atoms with Crippen LogP contribution in [0.4, 0.5) is 0 Å². The third kappa shape index (κ3) is 6.89. The molecule has 0 amide bonds. The Morgan fingerprint density at radius 1 is 0.629 bits per heavy atom. The molecule has 2 aromatic carbocycles. The van der Waals surface area contributed by atoms with Crippen LogP contribution < -0.4 is 24.8 Å². The number of hydrogen-bond acceptors (Lipinski definition) is 5. The maximum absolute atomic E-state index is 5.97. The molecule has 181 valence electrons. The van der Waals surface area contributed by atoms with Gasteiger partial charge >= 0.3 is 18.6 Å². The van der Waals surface area contributed by atoms with Crippen molar-refractivity contribution in [2.75, 3.05) is 13.2 Å². The van der Waals surface area contributed by atoms with Crippen molar-refractivity contribution >= 4 is 11.8 Å². The number of nitrogens with zero attached hydrogens (tertiary/aromatic N) is 3. The van der Waals surface area contributed by atoms with Gasteiger partial charge in [0, 0.05) is 12.8 Å². The van der Waals surface area contributed by atoms with Crippen LogP contribution in [0.3, 0.4) is 0 Å². The monoisotopic (exact) mass is 546 g/mol. The van der Waals surface area contributed by atoms with Crippen molar-refractivity contribution in [2.24, 2.45) is 9.98 Å². The predicted molar refractivity (Wildman–Crippen MR) is 126 cm³/mol. The van der Waals surface area contributed by atoms with Gasteiger partial charge in [-0.2, -0.15) is 0 Å². The van der Waals surface area contributed by atoms with Crippen LogP contribution in [0.1, 0.15) is 36.4 Å². The van der Waals surface area contributed by atoms with Crippen molar-refractivity contribution in [3.8, 4) is 0 Å². The summed E-state index contributed by atoms with van der Waals surface area (Å²) < 4.78 is 11.9. The fraction of sp³-hybridized carbons (Fsp3) is 0.296. The fourth-order valence-corrected chi connectivity index (χ4v) is 4.25. The zero-order chi connectivity index (χ0) is 22.0. The first kappa shape index (κ1) is 28.9. The van der Waals surface area contributed by atoms with Gasteiger partial charge in [-0.15, -0.1) is 0 Å². The van der Waals surface area contributed by atoms with Gasteiger partial charge in [0.25, 0.3) is 0 Å². The van der Waals surface area contributed by atoms with Gasteiger partial charge in [-0.3, -0.25) is 0 Å². The molecule has 0 fully saturated rings. The van der Waals surface area contributed by atoms with Crippen LogP contribution in [-0.2, 0) is 40.9 Å². The minimum atomic E-state index is -0.302. The predicted octanol–water partition coefficient (Wildman–Crippen LogP) is -1.36. The molecular formula is C27H27Cl2N3O2V. The molecule has 2 unspecified atom stereocenters. The van der Waals surface area contributed by atoms with Crippen LogP contribution in [0, 0.1) is 0 Å². The van der Waals surface area contributed by atoms with E-state index >= 15 is 0 Å². The second-order valence-electron chi connectivity index (χ2n) is 9.14. The molecule has 0 aliphatic carbocycles. The van der Waals surface area contributed by atoms with Gasteiger partial charge in [0.2, 0.25) is 11.8 Å². The summed E-state index contributed by atoms with van der Waals surface area (Å²) in [5, 5.41) is 0. The van der Waals surface area contributed by atoms with Crippen LogP contribution in [0.5, 0.6) is 0 Å². The molecule has 5 rings (SSSR count). The van der Waals surface area contributed by atoms with E-state index in [0.29, 0.717) is 36.4 Å². The molecule has 3 heterocycles. The number of rotatable bonds is 6. The first-order valence-electron chi connectivity index (χ1n) is 11.0. The third-order valence-electron chi connectivity index (χ3n) is 5.83. The van der Waals surface area contributed by atoms with Gasteiger partial charge in [0.15, 0.2) is 0 Å². The van der Waals surface area contributed by atoms with Gasteiger partial charge in [0.05, 0.1) is 11.1 Å². The minimum Gasteiger partial charge on any atom is -1.00 e. The summed E-state index contributed by atoms with van der Waals surface area (Å²) in [7, 11) is 0. The standard InChI is InChI=1S/C27H27N3O2.2ClH.V/c1-26(16-20-10-5-3-6-11-20)18-31-24(29-26)22-14-9-15-23(28-22)25-30-27(2,19-32-25)17-21-12-7-4-8-13-21;;;/h3-15H,16-19H2,1-2H3;2*1H;/q;;;+2/p-2. The Balaban J connectivity index is 0.00000144. The van der Waals surface area contributed by atoms with Crippen molar-refractivity contribution in [1.82, 2.24) is 4.98 Å². The molecule has 0 bridgehead atoms. The second kappa shape index (κ2) is 12.1. The van der Waals surface area contributed by atoms with Crippen LogP contribution in [-0.4, -0.2) is 41.1 Å². The summed E-state index contributed by atoms with van der Waals surface area (Å²) in [6.07, 6.45) is 1.65. The van der Waals surface area contributed by atoms with Gasteiger partial charge in [-0.1, -0.05) is 66.7 Å². The Morgan fingerprint density at radius 2 is 1.03 bits per heavy atom. The van der Waals surface area contributed by atoms with E-state index in [-0.39, 0.29) is 54.4 Å². The molecule has 35 heavy (non-hydrogen) atoms. The summed E-state index contributed by atoms with van der Waals surface area (Å²) in [6.45, 7) is 5.32. The van der Waals surface area contributed by atoms with Crippen LogP contribution >= 0.6 is 0 Å². The summed E-state index contributed by atoms with van der Waals surface area (Å²) >= 11 is 0. The molecule has 2 aliphatic rings. The number of halogens is 2. The average molecular weight is 547 g/mol. The number of benzene rings is 2. The normalized spacial score (nSPS) is 22.3.